The van der Waals surface area contributed by atoms with Crippen molar-refractivity contribution in [2.24, 2.45) is 0 Å². The zero-order valence-electron chi connectivity index (χ0n) is 13.2. The second-order valence-corrected chi connectivity index (χ2v) is 5.82. The number of likely N-dealkylation sites (N-methyl/N-ethyl adjacent to an activating group) is 1. The SMILES string of the molecule is CC(=O)N1CCN(C)C[C@@H]1c1cccc(C(=O)N(C)C)c1. The standard InChI is InChI=1S/C16H23N3O2/c1-12(20)19-9-8-18(4)11-15(19)13-6-5-7-14(10-13)16(21)17(2)3/h5-7,10,15H,8-9,11H2,1-4H3/t15-/m1/s1. The monoisotopic (exact) mass is 289 g/mol. The minimum absolute atomic E-state index is 0.0103. The quantitative estimate of drug-likeness (QED) is 0.822. The van der Waals surface area contributed by atoms with Crippen molar-refractivity contribution in [3.63, 3.8) is 0 Å². The van der Waals surface area contributed by atoms with E-state index in [9.17, 15) is 9.59 Å². The highest BCUT2D eigenvalue weighted by atomic mass is 16.2. The van der Waals surface area contributed by atoms with E-state index in [2.05, 4.69) is 11.9 Å². The molecule has 1 heterocycles. The molecule has 0 bridgehead atoms. The van der Waals surface area contributed by atoms with E-state index in [0.29, 0.717) is 5.56 Å². The lowest BCUT2D eigenvalue weighted by Crippen LogP contribution is -2.48. The van der Waals surface area contributed by atoms with Crippen LogP contribution in [-0.2, 0) is 4.79 Å². The van der Waals surface area contributed by atoms with Crippen molar-refractivity contribution in [3.8, 4) is 0 Å². The first kappa shape index (κ1) is 15.5. The van der Waals surface area contributed by atoms with Crippen LogP contribution >= 0.6 is 0 Å². The molecule has 0 N–H and O–H groups in total. The largest absolute Gasteiger partial charge is 0.345 e. The fourth-order valence-electron chi connectivity index (χ4n) is 2.72. The Morgan fingerprint density at radius 2 is 1.95 bits per heavy atom. The number of nitrogens with zero attached hydrogens (tertiary/aromatic N) is 3. The van der Waals surface area contributed by atoms with Gasteiger partial charge in [-0.15, -0.1) is 0 Å². The van der Waals surface area contributed by atoms with Crippen molar-refractivity contribution < 1.29 is 9.59 Å². The Balaban J connectivity index is 2.32. The number of amides is 2. The van der Waals surface area contributed by atoms with Gasteiger partial charge in [0, 0.05) is 46.2 Å². The molecule has 0 aliphatic carbocycles. The van der Waals surface area contributed by atoms with Crippen LogP contribution in [-0.4, -0.2) is 67.3 Å². The minimum atomic E-state index is -0.0182. The Morgan fingerprint density at radius 1 is 1.24 bits per heavy atom. The molecule has 1 fully saturated rings. The molecular weight excluding hydrogens is 266 g/mol. The molecule has 2 amide bonds. The number of benzene rings is 1. The van der Waals surface area contributed by atoms with E-state index in [1.807, 2.05) is 29.2 Å². The highest BCUT2D eigenvalue weighted by Crippen LogP contribution is 2.26. The molecule has 1 saturated heterocycles. The maximum Gasteiger partial charge on any atom is 0.253 e. The first-order valence-corrected chi connectivity index (χ1v) is 7.17. The van der Waals surface area contributed by atoms with Crippen LogP contribution in [0.5, 0.6) is 0 Å². The summed E-state index contributed by atoms with van der Waals surface area (Å²) in [7, 11) is 5.54. The summed E-state index contributed by atoms with van der Waals surface area (Å²) >= 11 is 0. The summed E-state index contributed by atoms with van der Waals surface area (Å²) in [5, 5.41) is 0. The Morgan fingerprint density at radius 3 is 2.57 bits per heavy atom. The zero-order chi connectivity index (χ0) is 15.6. The molecule has 2 rings (SSSR count). The second-order valence-electron chi connectivity index (χ2n) is 5.82. The lowest BCUT2D eigenvalue weighted by atomic mass is 9.99. The van der Waals surface area contributed by atoms with Crippen LogP contribution < -0.4 is 0 Å². The van der Waals surface area contributed by atoms with Crippen LogP contribution in [0.15, 0.2) is 24.3 Å². The van der Waals surface area contributed by atoms with Crippen molar-refractivity contribution in [3.05, 3.63) is 35.4 Å². The van der Waals surface area contributed by atoms with Gasteiger partial charge < -0.3 is 14.7 Å². The topological polar surface area (TPSA) is 43.9 Å². The van der Waals surface area contributed by atoms with Gasteiger partial charge in [0.1, 0.15) is 0 Å². The second kappa shape index (κ2) is 6.26. The van der Waals surface area contributed by atoms with Gasteiger partial charge >= 0.3 is 0 Å². The molecule has 0 unspecified atom stereocenters. The Kier molecular flexibility index (Phi) is 4.63. The molecular formula is C16H23N3O2. The molecule has 1 aromatic carbocycles. The summed E-state index contributed by atoms with van der Waals surface area (Å²) in [6.45, 7) is 4.00. The molecule has 21 heavy (non-hydrogen) atoms. The Hall–Kier alpha value is -1.88. The van der Waals surface area contributed by atoms with E-state index in [1.165, 1.54) is 0 Å². The predicted molar refractivity (Wildman–Crippen MR) is 82.1 cm³/mol. The Bertz CT molecular complexity index is 542. The molecule has 1 atom stereocenters. The number of carbonyl (C=O) groups is 2. The van der Waals surface area contributed by atoms with Crippen molar-refractivity contribution >= 4 is 11.8 Å². The van der Waals surface area contributed by atoms with E-state index in [1.54, 1.807) is 25.9 Å². The van der Waals surface area contributed by atoms with Crippen molar-refractivity contribution in [2.45, 2.75) is 13.0 Å². The molecule has 5 heteroatoms. The highest BCUT2D eigenvalue weighted by Gasteiger charge is 2.28. The van der Waals surface area contributed by atoms with E-state index in [-0.39, 0.29) is 17.9 Å². The van der Waals surface area contributed by atoms with Gasteiger partial charge in [0.2, 0.25) is 5.91 Å². The zero-order valence-corrected chi connectivity index (χ0v) is 13.2. The molecule has 1 aromatic rings. The fourth-order valence-corrected chi connectivity index (χ4v) is 2.72. The smallest absolute Gasteiger partial charge is 0.253 e. The maximum absolute atomic E-state index is 12.1. The van der Waals surface area contributed by atoms with Crippen LogP contribution in [0.1, 0.15) is 28.9 Å². The number of hydrogen-bond acceptors (Lipinski definition) is 3. The molecule has 0 aromatic heterocycles. The molecule has 5 nitrogen and oxygen atoms in total. The number of hydrogen-bond donors (Lipinski definition) is 0. The lowest BCUT2D eigenvalue weighted by Gasteiger charge is -2.40. The van der Waals surface area contributed by atoms with E-state index in [0.717, 1.165) is 25.2 Å². The first-order valence-electron chi connectivity index (χ1n) is 7.17. The third-order valence-electron chi connectivity index (χ3n) is 3.91. The van der Waals surface area contributed by atoms with Crippen LogP contribution in [0.25, 0.3) is 0 Å². The summed E-state index contributed by atoms with van der Waals surface area (Å²) < 4.78 is 0. The lowest BCUT2D eigenvalue weighted by molar-refractivity contribution is -0.133. The van der Waals surface area contributed by atoms with Gasteiger partial charge in [0.15, 0.2) is 0 Å². The number of piperazine rings is 1. The molecule has 114 valence electrons. The highest BCUT2D eigenvalue weighted by molar-refractivity contribution is 5.94. The number of rotatable bonds is 2. The van der Waals surface area contributed by atoms with Crippen LogP contribution in [0, 0.1) is 0 Å². The van der Waals surface area contributed by atoms with Crippen LogP contribution in [0.2, 0.25) is 0 Å². The average Bonchev–Trinajstić information content (AvgIpc) is 2.46. The summed E-state index contributed by atoms with van der Waals surface area (Å²) in [5.41, 5.74) is 1.68. The molecule has 0 saturated carbocycles. The van der Waals surface area contributed by atoms with Crippen LogP contribution in [0.3, 0.4) is 0 Å². The van der Waals surface area contributed by atoms with Crippen LogP contribution in [0.4, 0.5) is 0 Å². The normalized spacial score (nSPS) is 19.4. The summed E-state index contributed by atoms with van der Waals surface area (Å²) in [6.07, 6.45) is 0. The van der Waals surface area contributed by atoms with E-state index < -0.39 is 0 Å². The van der Waals surface area contributed by atoms with E-state index >= 15 is 0 Å². The first-order chi connectivity index (χ1) is 9.90. The van der Waals surface area contributed by atoms with Gasteiger partial charge in [-0.05, 0) is 24.7 Å². The third kappa shape index (κ3) is 3.42. The van der Waals surface area contributed by atoms with Gasteiger partial charge in [-0.25, -0.2) is 0 Å². The van der Waals surface area contributed by atoms with Crippen molar-refractivity contribution in [2.75, 3.05) is 40.8 Å². The minimum Gasteiger partial charge on any atom is -0.345 e. The average molecular weight is 289 g/mol. The summed E-state index contributed by atoms with van der Waals surface area (Å²) in [5.74, 6) is 0.0628. The van der Waals surface area contributed by atoms with Gasteiger partial charge in [-0.3, -0.25) is 9.59 Å². The van der Waals surface area contributed by atoms with Crippen molar-refractivity contribution in [1.82, 2.24) is 14.7 Å². The van der Waals surface area contributed by atoms with Crippen molar-refractivity contribution in [1.29, 1.82) is 0 Å². The molecule has 0 spiro atoms. The molecule has 1 aliphatic heterocycles. The Labute approximate surface area is 126 Å². The molecule has 0 radical (unpaired) electrons. The van der Waals surface area contributed by atoms with Gasteiger partial charge in [0.25, 0.3) is 5.91 Å². The summed E-state index contributed by atoms with van der Waals surface area (Å²) in [6, 6.07) is 7.61. The number of carbonyl (C=O) groups excluding carboxylic acids is 2. The predicted octanol–water partition coefficient (Wildman–Crippen LogP) is 1.22. The molecule has 1 aliphatic rings. The summed E-state index contributed by atoms with van der Waals surface area (Å²) in [4.78, 5) is 29.6. The third-order valence-corrected chi connectivity index (χ3v) is 3.91. The van der Waals surface area contributed by atoms with E-state index in [4.69, 9.17) is 0 Å². The van der Waals surface area contributed by atoms with Gasteiger partial charge in [-0.2, -0.15) is 0 Å². The van der Waals surface area contributed by atoms with Gasteiger partial charge in [-0.1, -0.05) is 12.1 Å². The fraction of sp³-hybridized carbons (Fsp3) is 0.500. The van der Waals surface area contributed by atoms with Gasteiger partial charge in [0.05, 0.1) is 6.04 Å². The maximum atomic E-state index is 12.1.